The van der Waals surface area contributed by atoms with Crippen LogP contribution in [0.15, 0.2) is 72.9 Å². The Bertz CT molecular complexity index is 1190. The van der Waals surface area contributed by atoms with Gasteiger partial charge in [-0.3, -0.25) is 18.6 Å². The fourth-order valence-electron chi connectivity index (χ4n) is 4.93. The van der Waals surface area contributed by atoms with Gasteiger partial charge in [0.25, 0.3) is 0 Å². The van der Waals surface area contributed by atoms with Crippen LogP contribution in [0.5, 0.6) is 0 Å². The number of carboxylic acids is 1. The van der Waals surface area contributed by atoms with E-state index in [-0.39, 0.29) is 12.8 Å². The van der Waals surface area contributed by atoms with E-state index >= 15 is 0 Å². The summed E-state index contributed by atoms with van der Waals surface area (Å²) in [6.45, 7) is 2.36. The molecule has 4 N–H and O–H groups in total. The number of aliphatic hydroxyl groups excluding tert-OH is 1. The molecule has 0 radical (unpaired) electrons. The maximum absolute atomic E-state index is 12.2. The molecule has 0 aliphatic heterocycles. The first-order valence-electron chi connectivity index (χ1n) is 20.0. The highest BCUT2D eigenvalue weighted by molar-refractivity contribution is 7.47. The Morgan fingerprint density at radius 1 is 0.611 bits per heavy atom. The normalized spacial score (nSPS) is 14.6. The van der Waals surface area contributed by atoms with Crippen molar-refractivity contribution in [2.45, 2.75) is 154 Å². The Hall–Kier alpha value is -3.08. The lowest BCUT2D eigenvalue weighted by Gasteiger charge is -2.18. The number of ether oxygens (including phenoxy) is 1. The van der Waals surface area contributed by atoms with Gasteiger partial charge in [0.2, 0.25) is 5.91 Å². The highest BCUT2D eigenvalue weighted by Crippen LogP contribution is 2.43. The molecule has 3 atom stereocenters. The summed E-state index contributed by atoms with van der Waals surface area (Å²) < 4.78 is 26.7. The third kappa shape index (κ3) is 35.9. The summed E-state index contributed by atoms with van der Waals surface area (Å²) >= 11 is 0. The minimum atomic E-state index is -4.77. The molecule has 3 unspecified atom stereocenters. The van der Waals surface area contributed by atoms with Crippen molar-refractivity contribution < 1.29 is 47.8 Å². The number of allylic oxidation sites excluding steroid dienone is 12. The molecule has 0 bridgehead atoms. The van der Waals surface area contributed by atoms with Crippen molar-refractivity contribution in [2.75, 3.05) is 19.8 Å². The van der Waals surface area contributed by atoms with E-state index in [1.807, 2.05) is 18.2 Å². The van der Waals surface area contributed by atoms with Crippen LogP contribution in [-0.2, 0) is 32.7 Å². The molecule has 0 aromatic heterocycles. The average molecular weight is 780 g/mol. The van der Waals surface area contributed by atoms with Crippen LogP contribution in [-0.4, -0.2) is 64.9 Å². The zero-order chi connectivity index (χ0) is 40.0. The van der Waals surface area contributed by atoms with Crippen LogP contribution in [0.1, 0.15) is 142 Å². The van der Waals surface area contributed by atoms with Crippen LogP contribution in [0, 0.1) is 0 Å². The molecular weight excluding hydrogens is 709 g/mol. The fourth-order valence-corrected chi connectivity index (χ4v) is 5.70. The molecule has 0 aliphatic rings. The zero-order valence-electron chi connectivity index (χ0n) is 33.0. The largest absolute Gasteiger partial charge is 0.480 e. The van der Waals surface area contributed by atoms with Crippen molar-refractivity contribution >= 4 is 25.7 Å². The smallest absolute Gasteiger partial charge is 0.472 e. The van der Waals surface area contributed by atoms with Gasteiger partial charge in [-0.25, -0.2) is 9.36 Å². The molecule has 0 rings (SSSR count). The quantitative estimate of drug-likeness (QED) is 0.0208. The second-order valence-electron chi connectivity index (χ2n) is 13.1. The van der Waals surface area contributed by atoms with E-state index in [1.54, 1.807) is 0 Å². The molecule has 0 fully saturated rings. The summed E-state index contributed by atoms with van der Waals surface area (Å²) in [5, 5.41) is 21.7. The van der Waals surface area contributed by atoms with Crippen LogP contribution in [0.4, 0.5) is 0 Å². The molecule has 12 heteroatoms. The number of aliphatic hydroxyl groups is 1. The van der Waals surface area contributed by atoms with E-state index < -0.39 is 57.6 Å². The SMILES string of the molecule is CC/C=C\C/C=C\C/C=C\C/C=C\C/C=C\C/C=C\CCC(=O)OCC(O)COP(=O)(O)OCC(NC(=O)CCCCCCCCCCCCC)C(=O)O. The van der Waals surface area contributed by atoms with Gasteiger partial charge in [0.1, 0.15) is 12.7 Å². The van der Waals surface area contributed by atoms with Gasteiger partial charge in [0.05, 0.1) is 13.2 Å². The van der Waals surface area contributed by atoms with Gasteiger partial charge in [0.15, 0.2) is 6.04 Å². The predicted molar refractivity (Wildman–Crippen MR) is 217 cm³/mol. The first-order chi connectivity index (χ1) is 26.1. The monoisotopic (exact) mass is 779 g/mol. The molecule has 0 aromatic carbocycles. The van der Waals surface area contributed by atoms with Crippen LogP contribution in [0.25, 0.3) is 0 Å². The molecular formula is C42H70NO10P. The second kappa shape index (κ2) is 36.9. The third-order valence-electron chi connectivity index (χ3n) is 8.02. The molecule has 0 aliphatic carbocycles. The number of aliphatic carboxylic acids is 1. The molecule has 308 valence electrons. The minimum absolute atomic E-state index is 0.0961. The predicted octanol–water partition coefficient (Wildman–Crippen LogP) is 9.77. The van der Waals surface area contributed by atoms with E-state index in [0.29, 0.717) is 12.8 Å². The maximum atomic E-state index is 12.2. The molecule has 0 saturated carbocycles. The molecule has 11 nitrogen and oxygen atoms in total. The summed E-state index contributed by atoms with van der Waals surface area (Å²) in [4.78, 5) is 45.7. The molecule has 0 aromatic rings. The number of amides is 1. The maximum Gasteiger partial charge on any atom is 0.472 e. The van der Waals surface area contributed by atoms with Gasteiger partial charge in [0, 0.05) is 12.8 Å². The summed E-state index contributed by atoms with van der Waals surface area (Å²) in [5.41, 5.74) is 0. The van der Waals surface area contributed by atoms with Crippen LogP contribution in [0.3, 0.4) is 0 Å². The van der Waals surface area contributed by atoms with E-state index in [0.717, 1.165) is 57.8 Å². The molecule has 0 heterocycles. The lowest BCUT2D eigenvalue weighted by molar-refractivity contribution is -0.147. The van der Waals surface area contributed by atoms with E-state index in [1.165, 1.54) is 44.9 Å². The second-order valence-corrected chi connectivity index (χ2v) is 14.5. The van der Waals surface area contributed by atoms with Crippen molar-refractivity contribution in [1.29, 1.82) is 0 Å². The number of unbranched alkanes of at least 4 members (excludes halogenated alkanes) is 10. The average Bonchev–Trinajstić information content (AvgIpc) is 3.14. The number of hydrogen-bond donors (Lipinski definition) is 4. The molecule has 54 heavy (non-hydrogen) atoms. The van der Waals surface area contributed by atoms with Crippen molar-refractivity contribution in [3.05, 3.63) is 72.9 Å². The van der Waals surface area contributed by atoms with E-state index in [9.17, 15) is 34.1 Å². The summed E-state index contributed by atoms with van der Waals surface area (Å²) in [7, 11) is -4.77. The van der Waals surface area contributed by atoms with E-state index in [2.05, 4.69) is 73.8 Å². The summed E-state index contributed by atoms with van der Waals surface area (Å²) in [6, 6.07) is -1.55. The van der Waals surface area contributed by atoms with Gasteiger partial charge in [-0.05, 0) is 51.4 Å². The zero-order valence-corrected chi connectivity index (χ0v) is 33.9. The number of phosphoric acid groups is 1. The number of phosphoric ester groups is 1. The Balaban J connectivity index is 4.05. The Labute approximate surface area is 325 Å². The van der Waals surface area contributed by atoms with Crippen molar-refractivity contribution in [3.8, 4) is 0 Å². The molecule has 0 saturated heterocycles. The van der Waals surface area contributed by atoms with Crippen molar-refractivity contribution in [1.82, 2.24) is 5.32 Å². The number of esters is 1. The Morgan fingerprint density at radius 2 is 1.06 bits per heavy atom. The summed E-state index contributed by atoms with van der Waals surface area (Å²) in [5.74, 6) is -2.47. The highest BCUT2D eigenvalue weighted by atomic mass is 31.2. The van der Waals surface area contributed by atoms with Crippen LogP contribution >= 0.6 is 7.82 Å². The number of hydrogen-bond acceptors (Lipinski definition) is 8. The standard InChI is InChI=1S/C42H70NO10P/c1-3-5-7-9-11-13-15-16-17-18-19-20-21-22-24-26-28-30-32-34-41(46)51-35-38(44)36-52-54(49,50)53-37-39(42(47)48)43-40(45)33-31-29-27-25-23-14-12-10-8-6-4-2/h5,7,11,13,16-17,19-20,22,24,28,30,38-39,44H,3-4,6,8-10,12,14-15,18,21,23,25-27,29,31-37H2,1-2H3,(H,43,45)(H,47,48)(H,49,50)/b7-5-,13-11-,17-16-,20-19-,24-22-,30-28-. The van der Waals surface area contributed by atoms with Gasteiger partial charge < -0.3 is 25.2 Å². The Kier molecular flexibility index (Phi) is 34.8. The minimum Gasteiger partial charge on any atom is -0.480 e. The van der Waals surface area contributed by atoms with Crippen molar-refractivity contribution in [2.24, 2.45) is 0 Å². The van der Waals surface area contributed by atoms with Gasteiger partial charge in [-0.2, -0.15) is 0 Å². The van der Waals surface area contributed by atoms with Gasteiger partial charge in [-0.15, -0.1) is 0 Å². The fraction of sp³-hybridized carbons (Fsp3) is 0.643. The first-order valence-corrected chi connectivity index (χ1v) is 21.5. The number of carbonyl (C=O) groups excluding carboxylic acids is 2. The number of carbonyl (C=O) groups is 3. The first kappa shape index (κ1) is 50.9. The number of carboxylic acid groups (broad SMARTS) is 1. The van der Waals surface area contributed by atoms with Crippen molar-refractivity contribution in [3.63, 3.8) is 0 Å². The molecule has 1 amide bonds. The highest BCUT2D eigenvalue weighted by Gasteiger charge is 2.28. The van der Waals surface area contributed by atoms with Gasteiger partial charge in [-0.1, -0.05) is 151 Å². The number of rotatable bonds is 36. The summed E-state index contributed by atoms with van der Waals surface area (Å²) in [6.07, 6.45) is 42.3. The lowest BCUT2D eigenvalue weighted by Crippen LogP contribution is -2.43. The van der Waals surface area contributed by atoms with E-state index in [4.69, 9.17) is 13.8 Å². The third-order valence-corrected chi connectivity index (χ3v) is 8.97. The molecule has 0 spiro atoms. The topological polar surface area (TPSA) is 169 Å². The van der Waals surface area contributed by atoms with Crippen LogP contribution < -0.4 is 5.32 Å². The Morgan fingerprint density at radius 3 is 1.54 bits per heavy atom. The number of nitrogens with one attached hydrogen (secondary N) is 1. The lowest BCUT2D eigenvalue weighted by atomic mass is 10.1. The van der Waals surface area contributed by atoms with Crippen LogP contribution in [0.2, 0.25) is 0 Å². The van der Waals surface area contributed by atoms with Gasteiger partial charge >= 0.3 is 19.8 Å².